The molecule has 0 saturated carbocycles. The van der Waals surface area contributed by atoms with Crippen LogP contribution in [0.1, 0.15) is 46.5 Å². The fourth-order valence-corrected chi connectivity index (χ4v) is 2.70. The van der Waals surface area contributed by atoms with Gasteiger partial charge in [-0.25, -0.2) is 0 Å². The van der Waals surface area contributed by atoms with Crippen LogP contribution in [0.3, 0.4) is 0 Å². The number of carbonyl (C=O) groups is 1. The molecular formula is C14H28N2O2. The molecule has 1 saturated heterocycles. The lowest BCUT2D eigenvalue weighted by Gasteiger charge is -2.26. The number of unbranched alkanes of at least 4 members (excludes halogenated alkanes) is 1. The van der Waals surface area contributed by atoms with Gasteiger partial charge in [0.15, 0.2) is 0 Å². The van der Waals surface area contributed by atoms with Crippen molar-refractivity contribution in [2.24, 2.45) is 5.92 Å². The number of aliphatic carboxylic acids is 1. The normalized spacial score (nSPS) is 24.1. The molecule has 2 atom stereocenters. The zero-order chi connectivity index (χ0) is 13.6. The van der Waals surface area contributed by atoms with E-state index >= 15 is 0 Å². The third-order valence-electron chi connectivity index (χ3n) is 3.95. The van der Waals surface area contributed by atoms with Crippen LogP contribution in [0.2, 0.25) is 0 Å². The summed E-state index contributed by atoms with van der Waals surface area (Å²) in [6.07, 6.45) is 4.09. The molecule has 0 aromatic heterocycles. The van der Waals surface area contributed by atoms with Crippen LogP contribution >= 0.6 is 0 Å². The number of hydrogen-bond donors (Lipinski definition) is 2. The first-order valence-electron chi connectivity index (χ1n) is 7.18. The highest BCUT2D eigenvalue weighted by Gasteiger charge is 2.31. The van der Waals surface area contributed by atoms with Crippen molar-refractivity contribution >= 4 is 5.97 Å². The zero-order valence-corrected chi connectivity index (χ0v) is 12.0. The third kappa shape index (κ3) is 4.58. The van der Waals surface area contributed by atoms with Crippen LogP contribution in [0, 0.1) is 5.92 Å². The molecule has 0 aromatic rings. The Bertz CT molecular complexity index is 271. The molecule has 106 valence electrons. The van der Waals surface area contributed by atoms with E-state index in [4.69, 9.17) is 0 Å². The summed E-state index contributed by atoms with van der Waals surface area (Å²) >= 11 is 0. The van der Waals surface area contributed by atoms with E-state index in [1.807, 2.05) is 6.92 Å². The predicted molar refractivity (Wildman–Crippen MR) is 73.8 cm³/mol. The molecule has 1 fully saturated rings. The minimum atomic E-state index is -0.757. The predicted octanol–water partition coefficient (Wildman–Crippen LogP) is 1.95. The van der Waals surface area contributed by atoms with E-state index in [-0.39, 0.29) is 0 Å². The second kappa shape index (κ2) is 7.10. The molecule has 0 amide bonds. The molecule has 0 radical (unpaired) electrons. The Kier molecular flexibility index (Phi) is 6.09. The molecule has 0 aliphatic carbocycles. The standard InChI is InChI=1S/C14H28N2O2/c1-4-15-14(3,13(17)18)8-5-6-9-16-10-7-12(2)11-16/h12,15H,4-11H2,1-3H3,(H,17,18). The number of nitrogens with zero attached hydrogens (tertiary/aromatic N) is 1. The molecule has 1 aliphatic rings. The lowest BCUT2D eigenvalue weighted by Crippen LogP contribution is -2.49. The van der Waals surface area contributed by atoms with E-state index < -0.39 is 11.5 Å². The van der Waals surface area contributed by atoms with Crippen LogP contribution in [0.25, 0.3) is 0 Å². The Balaban J connectivity index is 2.21. The second-order valence-electron chi connectivity index (χ2n) is 5.82. The van der Waals surface area contributed by atoms with Gasteiger partial charge in [-0.3, -0.25) is 4.79 Å². The van der Waals surface area contributed by atoms with Crippen LogP contribution in [0.5, 0.6) is 0 Å². The minimum absolute atomic E-state index is 0.701. The molecule has 18 heavy (non-hydrogen) atoms. The van der Waals surface area contributed by atoms with Gasteiger partial charge in [0.05, 0.1) is 0 Å². The summed E-state index contributed by atoms with van der Waals surface area (Å²) in [4.78, 5) is 13.7. The quantitative estimate of drug-likeness (QED) is 0.652. The van der Waals surface area contributed by atoms with Gasteiger partial charge in [-0.1, -0.05) is 13.8 Å². The van der Waals surface area contributed by atoms with Gasteiger partial charge in [0.25, 0.3) is 0 Å². The number of nitrogens with one attached hydrogen (secondary N) is 1. The highest BCUT2D eigenvalue weighted by molar-refractivity contribution is 5.78. The lowest BCUT2D eigenvalue weighted by molar-refractivity contribution is -0.144. The van der Waals surface area contributed by atoms with E-state index in [9.17, 15) is 9.90 Å². The third-order valence-corrected chi connectivity index (χ3v) is 3.95. The van der Waals surface area contributed by atoms with Gasteiger partial charge < -0.3 is 15.3 Å². The average molecular weight is 256 g/mol. The maximum Gasteiger partial charge on any atom is 0.323 e. The Hall–Kier alpha value is -0.610. The Morgan fingerprint density at radius 1 is 1.50 bits per heavy atom. The molecule has 1 heterocycles. The molecule has 0 spiro atoms. The van der Waals surface area contributed by atoms with E-state index in [0.717, 1.165) is 25.3 Å². The summed E-state index contributed by atoms with van der Waals surface area (Å²) in [5.74, 6) is 0.0928. The molecule has 4 heteroatoms. The molecule has 2 unspecified atom stereocenters. The molecular weight excluding hydrogens is 228 g/mol. The SMILES string of the molecule is CCNC(C)(CCCCN1CCC(C)C1)C(=O)O. The maximum atomic E-state index is 11.2. The van der Waals surface area contributed by atoms with Crippen molar-refractivity contribution in [1.29, 1.82) is 0 Å². The van der Waals surface area contributed by atoms with Crippen LogP contribution < -0.4 is 5.32 Å². The van der Waals surface area contributed by atoms with Gasteiger partial charge in [-0.05, 0) is 58.2 Å². The van der Waals surface area contributed by atoms with Crippen LogP contribution in [-0.2, 0) is 4.79 Å². The largest absolute Gasteiger partial charge is 0.480 e. The van der Waals surface area contributed by atoms with Crippen molar-refractivity contribution in [3.8, 4) is 0 Å². The van der Waals surface area contributed by atoms with Gasteiger partial charge >= 0.3 is 5.97 Å². The molecule has 0 aromatic carbocycles. The smallest absolute Gasteiger partial charge is 0.323 e. The van der Waals surface area contributed by atoms with Gasteiger partial charge in [-0.15, -0.1) is 0 Å². The zero-order valence-electron chi connectivity index (χ0n) is 12.0. The number of hydrogen-bond acceptors (Lipinski definition) is 3. The van der Waals surface area contributed by atoms with Crippen molar-refractivity contribution < 1.29 is 9.90 Å². The fraction of sp³-hybridized carbons (Fsp3) is 0.929. The summed E-state index contributed by atoms with van der Waals surface area (Å²) in [6, 6.07) is 0. The average Bonchev–Trinajstić information content (AvgIpc) is 2.71. The summed E-state index contributed by atoms with van der Waals surface area (Å²) < 4.78 is 0. The number of carboxylic acid groups (broad SMARTS) is 1. The van der Waals surface area contributed by atoms with Crippen molar-refractivity contribution in [3.63, 3.8) is 0 Å². The Morgan fingerprint density at radius 2 is 2.22 bits per heavy atom. The van der Waals surface area contributed by atoms with Crippen molar-refractivity contribution in [1.82, 2.24) is 10.2 Å². The molecule has 2 N–H and O–H groups in total. The van der Waals surface area contributed by atoms with Crippen LogP contribution in [0.15, 0.2) is 0 Å². The van der Waals surface area contributed by atoms with E-state index in [0.29, 0.717) is 13.0 Å². The Morgan fingerprint density at radius 3 is 2.72 bits per heavy atom. The van der Waals surface area contributed by atoms with Gasteiger partial charge in [0.1, 0.15) is 5.54 Å². The number of likely N-dealkylation sites (tertiary alicyclic amines) is 1. The summed E-state index contributed by atoms with van der Waals surface area (Å²) in [7, 11) is 0. The lowest BCUT2D eigenvalue weighted by atomic mass is 9.95. The number of likely N-dealkylation sites (N-methyl/N-ethyl adjacent to an activating group) is 1. The monoisotopic (exact) mass is 256 g/mol. The maximum absolute atomic E-state index is 11.2. The topological polar surface area (TPSA) is 52.6 Å². The molecule has 1 aliphatic heterocycles. The summed E-state index contributed by atoms with van der Waals surface area (Å²) in [6.45, 7) is 10.3. The first-order chi connectivity index (χ1) is 8.48. The van der Waals surface area contributed by atoms with E-state index in [2.05, 4.69) is 17.1 Å². The first kappa shape index (κ1) is 15.4. The number of rotatable bonds is 8. The summed E-state index contributed by atoms with van der Waals surface area (Å²) in [5, 5.41) is 12.3. The van der Waals surface area contributed by atoms with Crippen LogP contribution in [-0.4, -0.2) is 47.7 Å². The molecule has 0 bridgehead atoms. The Labute approximate surface area is 111 Å². The second-order valence-corrected chi connectivity index (χ2v) is 5.82. The summed E-state index contributed by atoms with van der Waals surface area (Å²) in [5.41, 5.74) is -0.757. The van der Waals surface area contributed by atoms with Gasteiger partial charge in [-0.2, -0.15) is 0 Å². The van der Waals surface area contributed by atoms with Gasteiger partial charge in [0.2, 0.25) is 0 Å². The first-order valence-corrected chi connectivity index (χ1v) is 7.18. The minimum Gasteiger partial charge on any atom is -0.480 e. The van der Waals surface area contributed by atoms with Crippen molar-refractivity contribution in [2.75, 3.05) is 26.2 Å². The van der Waals surface area contributed by atoms with E-state index in [1.165, 1.54) is 19.5 Å². The molecule has 1 rings (SSSR count). The highest BCUT2D eigenvalue weighted by atomic mass is 16.4. The van der Waals surface area contributed by atoms with E-state index in [1.54, 1.807) is 6.92 Å². The van der Waals surface area contributed by atoms with Crippen LogP contribution in [0.4, 0.5) is 0 Å². The van der Waals surface area contributed by atoms with Crippen molar-refractivity contribution in [3.05, 3.63) is 0 Å². The van der Waals surface area contributed by atoms with Crippen molar-refractivity contribution in [2.45, 2.75) is 52.0 Å². The highest BCUT2D eigenvalue weighted by Crippen LogP contribution is 2.18. The number of carboxylic acids is 1. The van der Waals surface area contributed by atoms with Gasteiger partial charge in [0, 0.05) is 6.54 Å². The molecule has 4 nitrogen and oxygen atoms in total. The fourth-order valence-electron chi connectivity index (χ4n) is 2.70.